The van der Waals surface area contributed by atoms with Gasteiger partial charge in [0.2, 0.25) is 0 Å². The van der Waals surface area contributed by atoms with Gasteiger partial charge in [-0.3, -0.25) is 14.6 Å². The van der Waals surface area contributed by atoms with Gasteiger partial charge in [0, 0.05) is 29.3 Å². The zero-order valence-corrected chi connectivity index (χ0v) is 16.0. The number of aliphatic carboxylic acids is 1. The first-order valence-electron chi connectivity index (χ1n) is 8.86. The summed E-state index contributed by atoms with van der Waals surface area (Å²) in [5.74, 6) is -3.02. The Balaban J connectivity index is 2.21. The van der Waals surface area contributed by atoms with Crippen molar-refractivity contribution in [2.24, 2.45) is 0 Å². The minimum Gasteiger partial charge on any atom is -0.475 e. The molecule has 0 saturated heterocycles. The number of aromatic nitrogens is 1. The normalized spacial score (nSPS) is 11.0. The number of carbonyl (C=O) groups excluding carboxylic acids is 2. The first kappa shape index (κ1) is 20.3. The van der Waals surface area contributed by atoms with Crippen LogP contribution >= 0.6 is 0 Å². The number of carbonyl (C=O) groups is 3. The van der Waals surface area contributed by atoms with E-state index in [0.717, 1.165) is 11.1 Å². The van der Waals surface area contributed by atoms with E-state index in [1.165, 1.54) is 12.1 Å². The molecule has 2 aromatic carbocycles. The smallest absolute Gasteiger partial charge is 0.377 e. The third kappa shape index (κ3) is 4.35. The Hall–Kier alpha value is -3.45. The number of carboxylic acids is 1. The molecule has 29 heavy (non-hydrogen) atoms. The topological polar surface area (TPSA) is 87.6 Å². The number of hydrogen-bond acceptors (Lipinski definition) is 5. The Labute approximate surface area is 166 Å². The predicted octanol–water partition coefficient (Wildman–Crippen LogP) is 3.11. The van der Waals surface area contributed by atoms with Crippen LogP contribution in [0.1, 0.15) is 37.4 Å². The standard InChI is InChI=1S/C22H19FN2O4/c1-25(2)11-18-15(12-26)9-19-17(20(18)21(27)22(28)29)8-14(10-24-19)7-13-3-5-16(23)6-4-13/h3-6,8-10,12H,7,11H2,1-2H3,(H,28,29). The number of hydrogen-bond donors (Lipinski definition) is 1. The molecule has 6 nitrogen and oxygen atoms in total. The molecule has 0 aliphatic rings. The molecule has 0 fully saturated rings. The molecule has 0 atom stereocenters. The van der Waals surface area contributed by atoms with Crippen molar-refractivity contribution in [2.75, 3.05) is 14.1 Å². The minimum absolute atomic E-state index is 0.0285. The Bertz CT molecular complexity index is 1110. The summed E-state index contributed by atoms with van der Waals surface area (Å²) < 4.78 is 13.1. The van der Waals surface area contributed by atoms with Gasteiger partial charge in [-0.05, 0) is 61.5 Å². The van der Waals surface area contributed by atoms with Crippen LogP contribution in [-0.2, 0) is 17.8 Å². The first-order chi connectivity index (χ1) is 13.8. The van der Waals surface area contributed by atoms with E-state index in [2.05, 4.69) is 4.98 Å². The van der Waals surface area contributed by atoms with Crippen LogP contribution in [-0.4, -0.2) is 47.1 Å². The molecule has 3 rings (SSSR count). The van der Waals surface area contributed by atoms with Crippen LogP contribution in [0, 0.1) is 5.82 Å². The zero-order chi connectivity index (χ0) is 21.1. The number of benzene rings is 2. The van der Waals surface area contributed by atoms with E-state index in [1.807, 2.05) is 0 Å². The summed E-state index contributed by atoms with van der Waals surface area (Å²) in [5, 5.41) is 9.71. The Kier molecular flexibility index (Phi) is 5.79. The van der Waals surface area contributed by atoms with E-state index >= 15 is 0 Å². The molecule has 0 amide bonds. The van der Waals surface area contributed by atoms with E-state index in [9.17, 15) is 23.9 Å². The number of rotatable bonds is 7. The van der Waals surface area contributed by atoms with Crippen LogP contribution in [0.2, 0.25) is 0 Å². The van der Waals surface area contributed by atoms with Gasteiger partial charge < -0.3 is 10.0 Å². The van der Waals surface area contributed by atoms with Crippen molar-refractivity contribution in [3.05, 3.63) is 76.2 Å². The van der Waals surface area contributed by atoms with Crippen LogP contribution in [0.4, 0.5) is 4.39 Å². The average molecular weight is 394 g/mol. The summed E-state index contributed by atoms with van der Waals surface area (Å²) in [6, 6.07) is 9.27. The highest BCUT2D eigenvalue weighted by atomic mass is 19.1. The lowest BCUT2D eigenvalue weighted by Gasteiger charge is -2.17. The van der Waals surface area contributed by atoms with Gasteiger partial charge in [-0.1, -0.05) is 12.1 Å². The fourth-order valence-electron chi connectivity index (χ4n) is 3.27. The van der Waals surface area contributed by atoms with Gasteiger partial charge in [0.1, 0.15) is 12.1 Å². The molecule has 1 aromatic heterocycles. The molecule has 0 bridgehead atoms. The number of pyridine rings is 1. The van der Waals surface area contributed by atoms with Crippen molar-refractivity contribution >= 4 is 28.9 Å². The number of nitrogens with zero attached hydrogens (tertiary/aromatic N) is 2. The lowest BCUT2D eigenvalue weighted by atomic mass is 9.92. The lowest BCUT2D eigenvalue weighted by Crippen LogP contribution is -2.21. The first-order valence-corrected chi connectivity index (χ1v) is 8.86. The van der Waals surface area contributed by atoms with Crippen molar-refractivity contribution in [3.8, 4) is 0 Å². The number of ketones is 1. The highest BCUT2D eigenvalue weighted by Gasteiger charge is 2.25. The minimum atomic E-state index is -1.60. The maximum Gasteiger partial charge on any atom is 0.377 e. The van der Waals surface area contributed by atoms with Crippen molar-refractivity contribution in [3.63, 3.8) is 0 Å². The van der Waals surface area contributed by atoms with E-state index < -0.39 is 11.8 Å². The second kappa shape index (κ2) is 8.28. The van der Waals surface area contributed by atoms with Gasteiger partial charge in [-0.15, -0.1) is 0 Å². The SMILES string of the molecule is CN(C)Cc1c(C=O)cc2ncc(Cc3ccc(F)cc3)cc2c1C(=O)C(=O)O. The highest BCUT2D eigenvalue weighted by Crippen LogP contribution is 2.27. The fraction of sp³-hybridized carbons (Fsp3) is 0.182. The van der Waals surface area contributed by atoms with Crippen LogP contribution in [0.5, 0.6) is 0 Å². The van der Waals surface area contributed by atoms with Crippen molar-refractivity contribution in [1.29, 1.82) is 0 Å². The van der Waals surface area contributed by atoms with Gasteiger partial charge in [0.15, 0.2) is 0 Å². The lowest BCUT2D eigenvalue weighted by molar-refractivity contribution is -0.131. The average Bonchev–Trinajstić information content (AvgIpc) is 2.68. The summed E-state index contributed by atoms with van der Waals surface area (Å²) in [6.45, 7) is 0.223. The largest absolute Gasteiger partial charge is 0.475 e. The van der Waals surface area contributed by atoms with E-state index in [1.54, 1.807) is 49.5 Å². The van der Waals surface area contributed by atoms with Gasteiger partial charge >= 0.3 is 5.97 Å². The van der Waals surface area contributed by atoms with E-state index in [-0.39, 0.29) is 23.5 Å². The van der Waals surface area contributed by atoms with E-state index in [4.69, 9.17) is 0 Å². The summed E-state index contributed by atoms with van der Waals surface area (Å²) in [6.07, 6.45) is 2.63. The second-order valence-electron chi connectivity index (χ2n) is 7.02. The quantitative estimate of drug-likeness (QED) is 0.376. The predicted molar refractivity (Wildman–Crippen MR) is 106 cm³/mol. The van der Waals surface area contributed by atoms with Crippen LogP contribution in [0.15, 0.2) is 42.6 Å². The molecule has 1 heterocycles. The molecule has 148 valence electrons. The van der Waals surface area contributed by atoms with E-state index in [0.29, 0.717) is 29.2 Å². The van der Waals surface area contributed by atoms with Crippen molar-refractivity contribution in [1.82, 2.24) is 9.88 Å². The number of carboxylic acid groups (broad SMARTS) is 1. The Morgan fingerprint density at radius 1 is 1.14 bits per heavy atom. The van der Waals surface area contributed by atoms with Gasteiger partial charge in [-0.25, -0.2) is 9.18 Å². The molecule has 0 unspecified atom stereocenters. The van der Waals surface area contributed by atoms with Gasteiger partial charge in [-0.2, -0.15) is 0 Å². The molecule has 0 saturated carbocycles. The van der Waals surface area contributed by atoms with Crippen LogP contribution in [0.3, 0.4) is 0 Å². The van der Waals surface area contributed by atoms with Gasteiger partial charge in [0.05, 0.1) is 5.52 Å². The molecular weight excluding hydrogens is 375 g/mol. The Morgan fingerprint density at radius 2 is 1.83 bits per heavy atom. The maximum atomic E-state index is 13.1. The van der Waals surface area contributed by atoms with Crippen LogP contribution in [0.25, 0.3) is 10.9 Å². The zero-order valence-electron chi connectivity index (χ0n) is 16.0. The molecule has 7 heteroatoms. The molecule has 0 aliphatic carbocycles. The second-order valence-corrected chi connectivity index (χ2v) is 7.02. The van der Waals surface area contributed by atoms with Crippen molar-refractivity contribution in [2.45, 2.75) is 13.0 Å². The van der Waals surface area contributed by atoms with Gasteiger partial charge in [0.25, 0.3) is 5.78 Å². The monoisotopic (exact) mass is 394 g/mol. The molecular formula is C22H19FN2O4. The number of aldehydes is 1. The molecule has 0 radical (unpaired) electrons. The molecule has 0 aliphatic heterocycles. The number of Topliss-reactive ketones (excluding diaryl/α,β-unsaturated/α-hetero) is 1. The highest BCUT2D eigenvalue weighted by molar-refractivity contribution is 6.42. The number of fused-ring (bicyclic) bond motifs is 1. The third-order valence-electron chi connectivity index (χ3n) is 4.53. The fourth-order valence-corrected chi connectivity index (χ4v) is 3.27. The number of halogens is 1. The summed E-state index contributed by atoms with van der Waals surface area (Å²) in [5.41, 5.74) is 2.50. The molecule has 1 N–H and O–H groups in total. The summed E-state index contributed by atoms with van der Waals surface area (Å²) in [7, 11) is 3.52. The Morgan fingerprint density at radius 3 is 2.41 bits per heavy atom. The maximum absolute atomic E-state index is 13.1. The molecule has 3 aromatic rings. The summed E-state index contributed by atoms with van der Waals surface area (Å²) in [4.78, 5) is 41.7. The summed E-state index contributed by atoms with van der Waals surface area (Å²) >= 11 is 0. The van der Waals surface area contributed by atoms with Crippen LogP contribution < -0.4 is 0 Å². The molecule has 0 spiro atoms. The third-order valence-corrected chi connectivity index (χ3v) is 4.53. The van der Waals surface area contributed by atoms with Crippen molar-refractivity contribution < 1.29 is 23.9 Å².